The monoisotopic (exact) mass is 316 g/mol. The first-order chi connectivity index (χ1) is 8.17. The van der Waals surface area contributed by atoms with Gasteiger partial charge in [0.1, 0.15) is 0 Å². The quantitative estimate of drug-likeness (QED) is 0.649. The van der Waals surface area contributed by atoms with Crippen LogP contribution >= 0.6 is 27.7 Å². The number of alkyl halides is 1. The standard InChI is InChI=1S/C13H17BrO2S/c1-2-3-8-7-17-13(6-14)10-5-12(16)11(15)4-9(8)10/h4-5,8,13,15-16H,2-3,6-7H2,1H3. The smallest absolute Gasteiger partial charge is 0.157 e. The molecule has 1 aromatic rings. The van der Waals surface area contributed by atoms with Crippen molar-refractivity contribution in [2.24, 2.45) is 0 Å². The first kappa shape index (κ1) is 13.1. The summed E-state index contributed by atoms with van der Waals surface area (Å²) < 4.78 is 0. The van der Waals surface area contributed by atoms with Crippen LogP contribution in [-0.2, 0) is 0 Å². The molecule has 0 amide bonds. The molecule has 0 aromatic heterocycles. The first-order valence-corrected chi connectivity index (χ1v) is 8.07. The molecule has 2 nitrogen and oxygen atoms in total. The van der Waals surface area contributed by atoms with Gasteiger partial charge in [0.05, 0.1) is 0 Å². The Bertz CT molecular complexity index is 409. The minimum Gasteiger partial charge on any atom is -0.504 e. The van der Waals surface area contributed by atoms with Crippen LogP contribution in [0.4, 0.5) is 0 Å². The lowest BCUT2D eigenvalue weighted by Crippen LogP contribution is -2.15. The van der Waals surface area contributed by atoms with Crippen molar-refractivity contribution >= 4 is 27.7 Å². The molecule has 0 bridgehead atoms. The molecule has 0 spiro atoms. The fourth-order valence-corrected chi connectivity index (χ4v) is 4.56. The second-order valence-electron chi connectivity index (χ2n) is 4.43. The highest BCUT2D eigenvalue weighted by Crippen LogP contribution is 2.47. The van der Waals surface area contributed by atoms with Crippen molar-refractivity contribution in [1.29, 1.82) is 0 Å². The van der Waals surface area contributed by atoms with Crippen molar-refractivity contribution in [2.45, 2.75) is 30.9 Å². The van der Waals surface area contributed by atoms with Crippen LogP contribution in [0.3, 0.4) is 0 Å². The van der Waals surface area contributed by atoms with Crippen molar-refractivity contribution < 1.29 is 10.2 Å². The summed E-state index contributed by atoms with van der Waals surface area (Å²) >= 11 is 5.45. The Hall–Kier alpha value is -0.350. The third kappa shape index (κ3) is 2.58. The second-order valence-corrected chi connectivity index (χ2v) is 6.31. The number of hydrogen-bond acceptors (Lipinski definition) is 3. The van der Waals surface area contributed by atoms with Crippen molar-refractivity contribution in [1.82, 2.24) is 0 Å². The van der Waals surface area contributed by atoms with Gasteiger partial charge in [0, 0.05) is 16.3 Å². The lowest BCUT2D eigenvalue weighted by Gasteiger charge is -2.30. The van der Waals surface area contributed by atoms with E-state index in [2.05, 4.69) is 22.9 Å². The molecule has 4 heteroatoms. The van der Waals surface area contributed by atoms with Gasteiger partial charge in [-0.25, -0.2) is 0 Å². The first-order valence-electron chi connectivity index (χ1n) is 5.90. The van der Waals surface area contributed by atoms with Gasteiger partial charge in [-0.05, 0) is 35.6 Å². The molecule has 2 N–H and O–H groups in total. The molecule has 1 aromatic carbocycles. The zero-order chi connectivity index (χ0) is 12.4. The molecule has 17 heavy (non-hydrogen) atoms. The average Bonchev–Trinajstić information content (AvgIpc) is 2.32. The molecule has 2 unspecified atom stereocenters. The number of thioether (sulfide) groups is 1. The molecule has 0 radical (unpaired) electrons. The van der Waals surface area contributed by atoms with Crippen molar-refractivity contribution in [3.05, 3.63) is 23.3 Å². The van der Waals surface area contributed by atoms with E-state index in [4.69, 9.17) is 0 Å². The van der Waals surface area contributed by atoms with E-state index in [1.807, 2.05) is 11.8 Å². The Labute approximate surface area is 115 Å². The molecule has 2 rings (SSSR count). The molecule has 1 aliphatic heterocycles. The van der Waals surface area contributed by atoms with E-state index in [0.717, 1.165) is 23.9 Å². The van der Waals surface area contributed by atoms with Crippen LogP contribution in [0.25, 0.3) is 0 Å². The summed E-state index contributed by atoms with van der Waals surface area (Å²) in [6.45, 7) is 2.18. The maximum absolute atomic E-state index is 9.65. The highest BCUT2D eigenvalue weighted by molar-refractivity contribution is 9.09. The number of aromatic hydroxyl groups is 2. The Morgan fingerprint density at radius 3 is 2.53 bits per heavy atom. The number of fused-ring (bicyclic) bond motifs is 1. The summed E-state index contributed by atoms with van der Waals surface area (Å²) in [6.07, 6.45) is 2.28. The van der Waals surface area contributed by atoms with E-state index in [9.17, 15) is 10.2 Å². The SMILES string of the molecule is CCCC1CSC(CBr)c2cc(O)c(O)cc21. The summed E-state index contributed by atoms with van der Waals surface area (Å²) in [7, 11) is 0. The molecule has 0 aliphatic carbocycles. The van der Waals surface area contributed by atoms with E-state index in [-0.39, 0.29) is 11.5 Å². The zero-order valence-corrected chi connectivity index (χ0v) is 12.2. The van der Waals surface area contributed by atoms with Gasteiger partial charge in [-0.2, -0.15) is 11.8 Å². The third-order valence-electron chi connectivity index (χ3n) is 3.24. The van der Waals surface area contributed by atoms with Gasteiger partial charge in [0.2, 0.25) is 0 Å². The number of halogens is 1. The number of hydrogen-bond donors (Lipinski definition) is 2. The zero-order valence-electron chi connectivity index (χ0n) is 9.82. The summed E-state index contributed by atoms with van der Waals surface area (Å²) in [6, 6.07) is 3.48. The van der Waals surface area contributed by atoms with E-state index in [1.165, 1.54) is 11.1 Å². The highest BCUT2D eigenvalue weighted by Gasteiger charge is 2.28. The molecule has 0 fully saturated rings. The Morgan fingerprint density at radius 1 is 1.29 bits per heavy atom. The van der Waals surface area contributed by atoms with Crippen molar-refractivity contribution in [3.63, 3.8) is 0 Å². The molecule has 0 saturated carbocycles. The number of phenols is 2. The van der Waals surface area contributed by atoms with E-state index in [0.29, 0.717) is 11.2 Å². The summed E-state index contributed by atoms with van der Waals surface area (Å²) in [5.41, 5.74) is 2.39. The van der Waals surface area contributed by atoms with Crippen molar-refractivity contribution in [2.75, 3.05) is 11.1 Å². The number of phenolic OH excluding ortho intramolecular Hbond substituents is 2. The van der Waals surface area contributed by atoms with E-state index >= 15 is 0 Å². The van der Waals surface area contributed by atoms with Crippen LogP contribution in [0.2, 0.25) is 0 Å². The van der Waals surface area contributed by atoms with Gasteiger partial charge in [0.15, 0.2) is 11.5 Å². The van der Waals surface area contributed by atoms with E-state index in [1.54, 1.807) is 12.1 Å². The molecule has 1 heterocycles. The average molecular weight is 317 g/mol. The minimum absolute atomic E-state index is 0.00470. The predicted molar refractivity (Wildman–Crippen MR) is 76.4 cm³/mol. The fourth-order valence-electron chi connectivity index (χ4n) is 2.37. The van der Waals surface area contributed by atoms with Gasteiger partial charge >= 0.3 is 0 Å². The van der Waals surface area contributed by atoms with Crippen LogP contribution in [0.5, 0.6) is 11.5 Å². The van der Waals surface area contributed by atoms with Crippen LogP contribution in [0.1, 0.15) is 42.1 Å². The van der Waals surface area contributed by atoms with Gasteiger partial charge in [-0.1, -0.05) is 29.3 Å². The van der Waals surface area contributed by atoms with Crippen LogP contribution in [-0.4, -0.2) is 21.3 Å². The topological polar surface area (TPSA) is 40.5 Å². The highest BCUT2D eigenvalue weighted by atomic mass is 79.9. The molecule has 94 valence electrons. The maximum atomic E-state index is 9.65. The second kappa shape index (κ2) is 5.53. The minimum atomic E-state index is -0.00699. The Kier molecular flexibility index (Phi) is 4.26. The Balaban J connectivity index is 2.43. The molecular formula is C13H17BrO2S. The molecular weight excluding hydrogens is 300 g/mol. The number of benzene rings is 1. The molecule has 2 atom stereocenters. The van der Waals surface area contributed by atoms with Gasteiger partial charge in [-0.3, -0.25) is 0 Å². The van der Waals surface area contributed by atoms with Crippen LogP contribution in [0.15, 0.2) is 12.1 Å². The van der Waals surface area contributed by atoms with Crippen molar-refractivity contribution in [3.8, 4) is 11.5 Å². The fraction of sp³-hybridized carbons (Fsp3) is 0.538. The lowest BCUT2D eigenvalue weighted by molar-refractivity contribution is 0.401. The largest absolute Gasteiger partial charge is 0.504 e. The third-order valence-corrected chi connectivity index (χ3v) is 5.74. The summed E-state index contributed by atoms with van der Waals surface area (Å²) in [5.74, 6) is 1.60. The van der Waals surface area contributed by atoms with Gasteiger partial charge < -0.3 is 10.2 Å². The van der Waals surface area contributed by atoms with Gasteiger partial charge in [-0.15, -0.1) is 0 Å². The summed E-state index contributed by atoms with van der Waals surface area (Å²) in [5, 5.41) is 20.5. The van der Waals surface area contributed by atoms with Gasteiger partial charge in [0.25, 0.3) is 0 Å². The summed E-state index contributed by atoms with van der Waals surface area (Å²) in [4.78, 5) is 0. The molecule has 0 saturated heterocycles. The van der Waals surface area contributed by atoms with Crippen LogP contribution < -0.4 is 0 Å². The predicted octanol–water partition coefficient (Wildman–Crippen LogP) is 4.16. The van der Waals surface area contributed by atoms with E-state index < -0.39 is 0 Å². The maximum Gasteiger partial charge on any atom is 0.157 e. The number of rotatable bonds is 3. The normalized spacial score (nSPS) is 23.4. The lowest BCUT2D eigenvalue weighted by atomic mass is 9.90. The van der Waals surface area contributed by atoms with Crippen LogP contribution in [0, 0.1) is 0 Å². The molecule has 1 aliphatic rings. The Morgan fingerprint density at radius 2 is 1.94 bits per heavy atom.